The average molecular weight is 331 g/mol. The van der Waals surface area contributed by atoms with Gasteiger partial charge in [-0.05, 0) is 36.6 Å². The molecule has 0 aliphatic heterocycles. The normalized spacial score (nSPS) is 11.9. The number of rotatable bonds is 5. The van der Waals surface area contributed by atoms with Gasteiger partial charge in [-0.25, -0.2) is 0 Å². The van der Waals surface area contributed by atoms with Gasteiger partial charge in [-0.15, -0.1) is 0 Å². The molecule has 2 aromatic carbocycles. The molecule has 1 atom stereocenters. The Morgan fingerprint density at radius 3 is 2.32 bits per heavy atom. The van der Waals surface area contributed by atoms with Gasteiger partial charge in [-0.2, -0.15) is 0 Å². The molecule has 0 saturated carbocycles. The molecule has 1 N–H and O–H groups in total. The van der Waals surface area contributed by atoms with Gasteiger partial charge in [-0.3, -0.25) is 9.59 Å². The number of Topliss-reactive ketones (excluding diaryl/α,β-unsaturated/α-hetero) is 1. The summed E-state index contributed by atoms with van der Waals surface area (Å²) in [7, 11) is 0. The molecule has 3 nitrogen and oxygen atoms in total. The van der Waals surface area contributed by atoms with Gasteiger partial charge in [0.05, 0.1) is 0 Å². The Bertz CT molecular complexity index is 941. The van der Waals surface area contributed by atoms with E-state index < -0.39 is 0 Å². The SMILES string of the molecule is Cc1ccccc1C(CC(=O)c1c[nH]c(=O)c(C)c1)c1ccccc1. The van der Waals surface area contributed by atoms with Crippen LogP contribution in [0.15, 0.2) is 71.7 Å². The number of aryl methyl sites for hydroxylation is 2. The smallest absolute Gasteiger partial charge is 0.250 e. The highest BCUT2D eigenvalue weighted by molar-refractivity contribution is 5.96. The van der Waals surface area contributed by atoms with Crippen molar-refractivity contribution in [3.05, 3.63) is 105 Å². The first-order valence-corrected chi connectivity index (χ1v) is 8.39. The monoisotopic (exact) mass is 331 g/mol. The highest BCUT2D eigenvalue weighted by atomic mass is 16.1. The topological polar surface area (TPSA) is 49.9 Å². The van der Waals surface area contributed by atoms with Gasteiger partial charge in [0, 0.05) is 29.7 Å². The molecule has 0 amide bonds. The summed E-state index contributed by atoms with van der Waals surface area (Å²) < 4.78 is 0. The van der Waals surface area contributed by atoms with Crippen molar-refractivity contribution in [3.8, 4) is 0 Å². The van der Waals surface area contributed by atoms with Gasteiger partial charge in [0.2, 0.25) is 0 Å². The first-order valence-electron chi connectivity index (χ1n) is 8.39. The zero-order valence-corrected chi connectivity index (χ0v) is 14.5. The van der Waals surface area contributed by atoms with Crippen molar-refractivity contribution in [1.29, 1.82) is 0 Å². The maximum Gasteiger partial charge on any atom is 0.250 e. The number of aromatic nitrogens is 1. The number of pyridine rings is 1. The number of aromatic amines is 1. The molecule has 0 spiro atoms. The van der Waals surface area contributed by atoms with Gasteiger partial charge in [-0.1, -0.05) is 54.6 Å². The lowest BCUT2D eigenvalue weighted by Crippen LogP contribution is -2.14. The number of hydrogen-bond acceptors (Lipinski definition) is 2. The summed E-state index contributed by atoms with van der Waals surface area (Å²) in [5.74, 6) is 0.0126. The van der Waals surface area contributed by atoms with Crippen LogP contribution < -0.4 is 5.56 Å². The molecule has 0 saturated heterocycles. The standard InChI is InChI=1S/C22H21NO2/c1-15-8-6-7-11-19(15)20(17-9-4-3-5-10-17)13-21(24)18-12-16(2)22(25)23-14-18/h3-12,14,20H,13H2,1-2H3,(H,23,25). The van der Waals surface area contributed by atoms with E-state index in [-0.39, 0.29) is 17.3 Å². The van der Waals surface area contributed by atoms with Crippen LogP contribution in [0.3, 0.4) is 0 Å². The predicted molar refractivity (Wildman–Crippen MR) is 100 cm³/mol. The number of hydrogen-bond donors (Lipinski definition) is 1. The van der Waals surface area contributed by atoms with E-state index in [4.69, 9.17) is 0 Å². The first kappa shape index (κ1) is 16.9. The number of ketones is 1. The van der Waals surface area contributed by atoms with Crippen molar-refractivity contribution < 1.29 is 4.79 Å². The quantitative estimate of drug-likeness (QED) is 0.705. The second-order valence-corrected chi connectivity index (χ2v) is 6.35. The van der Waals surface area contributed by atoms with Crippen LogP contribution in [-0.4, -0.2) is 10.8 Å². The van der Waals surface area contributed by atoms with Crippen molar-refractivity contribution in [1.82, 2.24) is 4.98 Å². The van der Waals surface area contributed by atoms with Crippen LogP contribution >= 0.6 is 0 Å². The van der Waals surface area contributed by atoms with Gasteiger partial charge in [0.15, 0.2) is 5.78 Å². The Balaban J connectivity index is 1.98. The Hall–Kier alpha value is -2.94. The number of carbonyl (C=O) groups is 1. The van der Waals surface area contributed by atoms with Gasteiger partial charge in [0.25, 0.3) is 5.56 Å². The van der Waals surface area contributed by atoms with E-state index >= 15 is 0 Å². The van der Waals surface area contributed by atoms with Crippen LogP contribution in [0.2, 0.25) is 0 Å². The van der Waals surface area contributed by atoms with Crippen molar-refractivity contribution >= 4 is 5.78 Å². The highest BCUT2D eigenvalue weighted by Gasteiger charge is 2.20. The van der Waals surface area contributed by atoms with Crippen molar-refractivity contribution in [2.75, 3.05) is 0 Å². The number of benzene rings is 2. The molecule has 3 rings (SSSR count). The fourth-order valence-corrected chi connectivity index (χ4v) is 3.13. The molecule has 0 bridgehead atoms. The second kappa shape index (κ2) is 7.31. The minimum Gasteiger partial charge on any atom is -0.328 e. The zero-order valence-electron chi connectivity index (χ0n) is 14.5. The van der Waals surface area contributed by atoms with Gasteiger partial charge >= 0.3 is 0 Å². The lowest BCUT2D eigenvalue weighted by atomic mass is 9.84. The minimum atomic E-state index is -0.157. The largest absolute Gasteiger partial charge is 0.328 e. The number of nitrogens with one attached hydrogen (secondary N) is 1. The fraction of sp³-hybridized carbons (Fsp3) is 0.182. The minimum absolute atomic E-state index is 0.0119. The highest BCUT2D eigenvalue weighted by Crippen LogP contribution is 2.31. The van der Waals surface area contributed by atoms with Gasteiger partial charge < -0.3 is 4.98 Å². The van der Waals surface area contributed by atoms with Crippen LogP contribution in [0.4, 0.5) is 0 Å². The third-order valence-corrected chi connectivity index (χ3v) is 4.57. The Morgan fingerprint density at radius 2 is 1.64 bits per heavy atom. The summed E-state index contributed by atoms with van der Waals surface area (Å²) in [6.45, 7) is 3.78. The van der Waals surface area contributed by atoms with Crippen LogP contribution in [-0.2, 0) is 0 Å². The first-order chi connectivity index (χ1) is 12.1. The van der Waals surface area contributed by atoms with Crippen LogP contribution in [0.25, 0.3) is 0 Å². The summed E-state index contributed by atoms with van der Waals surface area (Å²) in [5, 5.41) is 0. The molecule has 3 heteroatoms. The Labute approximate surface area is 147 Å². The van der Waals surface area contributed by atoms with Crippen LogP contribution in [0.1, 0.15) is 45.0 Å². The van der Waals surface area contributed by atoms with E-state index in [9.17, 15) is 9.59 Å². The summed E-state index contributed by atoms with van der Waals surface area (Å²) in [5.41, 5.74) is 4.39. The van der Waals surface area contributed by atoms with Crippen molar-refractivity contribution in [3.63, 3.8) is 0 Å². The molecule has 0 radical (unpaired) electrons. The molecule has 1 unspecified atom stereocenters. The average Bonchev–Trinajstić information content (AvgIpc) is 2.63. The summed E-state index contributed by atoms with van der Waals surface area (Å²) in [6, 6.07) is 19.9. The molecule has 0 aliphatic carbocycles. The lowest BCUT2D eigenvalue weighted by molar-refractivity contribution is 0.0977. The third kappa shape index (κ3) is 3.77. The molecule has 1 aromatic heterocycles. The number of H-pyrrole nitrogens is 1. The molecule has 25 heavy (non-hydrogen) atoms. The molecular weight excluding hydrogens is 310 g/mol. The third-order valence-electron chi connectivity index (χ3n) is 4.57. The van der Waals surface area contributed by atoms with E-state index in [1.807, 2.05) is 30.3 Å². The molecule has 0 fully saturated rings. The summed E-state index contributed by atoms with van der Waals surface area (Å²) in [4.78, 5) is 27.0. The van der Waals surface area contributed by atoms with E-state index in [0.29, 0.717) is 17.5 Å². The molecule has 1 heterocycles. The van der Waals surface area contributed by atoms with E-state index in [1.165, 1.54) is 11.8 Å². The molecule has 126 valence electrons. The Kier molecular flexibility index (Phi) is 4.94. The van der Waals surface area contributed by atoms with Crippen LogP contribution in [0.5, 0.6) is 0 Å². The van der Waals surface area contributed by atoms with E-state index in [0.717, 1.165) is 11.1 Å². The Morgan fingerprint density at radius 1 is 0.960 bits per heavy atom. The zero-order chi connectivity index (χ0) is 17.8. The fourth-order valence-electron chi connectivity index (χ4n) is 3.13. The van der Waals surface area contributed by atoms with Crippen molar-refractivity contribution in [2.45, 2.75) is 26.2 Å². The van der Waals surface area contributed by atoms with Crippen LogP contribution in [0, 0.1) is 13.8 Å². The predicted octanol–water partition coefficient (Wildman–Crippen LogP) is 4.40. The van der Waals surface area contributed by atoms with Gasteiger partial charge in [0.1, 0.15) is 0 Å². The lowest BCUT2D eigenvalue weighted by Gasteiger charge is -2.19. The van der Waals surface area contributed by atoms with E-state index in [2.05, 4.69) is 36.2 Å². The maximum atomic E-state index is 12.9. The molecular formula is C22H21NO2. The van der Waals surface area contributed by atoms with E-state index in [1.54, 1.807) is 13.0 Å². The molecule has 0 aliphatic rings. The summed E-state index contributed by atoms with van der Waals surface area (Å²) >= 11 is 0. The summed E-state index contributed by atoms with van der Waals surface area (Å²) in [6.07, 6.45) is 1.87. The second-order valence-electron chi connectivity index (χ2n) is 6.35. The molecule has 3 aromatic rings. The van der Waals surface area contributed by atoms with Crippen molar-refractivity contribution in [2.24, 2.45) is 0 Å². The number of carbonyl (C=O) groups excluding carboxylic acids is 1. The maximum absolute atomic E-state index is 12.9.